The Labute approximate surface area is 149 Å². The first-order chi connectivity index (χ1) is 10.9. The van der Waals surface area contributed by atoms with E-state index in [9.17, 15) is 4.79 Å². The zero-order chi connectivity index (χ0) is 17.0. The Hall–Kier alpha value is -1.52. The van der Waals surface area contributed by atoms with Crippen LogP contribution >= 0.6 is 27.5 Å². The maximum absolute atomic E-state index is 11.1. The van der Waals surface area contributed by atoms with Gasteiger partial charge in [-0.15, -0.1) is 0 Å². The van der Waals surface area contributed by atoms with Gasteiger partial charge in [-0.2, -0.15) is 0 Å². The van der Waals surface area contributed by atoms with Gasteiger partial charge in [-0.3, -0.25) is 4.79 Å². The predicted octanol–water partition coefficient (Wildman–Crippen LogP) is 5.30. The van der Waals surface area contributed by atoms with Crippen molar-refractivity contribution in [1.82, 2.24) is 0 Å². The van der Waals surface area contributed by atoms with Gasteiger partial charge >= 0.3 is 0 Å². The summed E-state index contributed by atoms with van der Waals surface area (Å²) in [7, 11) is 0. The first-order valence-corrected chi connectivity index (χ1v) is 8.37. The summed E-state index contributed by atoms with van der Waals surface area (Å²) in [6.07, 6.45) is 0.724. The fourth-order valence-electron chi connectivity index (χ4n) is 2.26. The van der Waals surface area contributed by atoms with Crippen LogP contribution in [0.25, 0.3) is 0 Å². The van der Waals surface area contributed by atoms with Gasteiger partial charge in [0.15, 0.2) is 6.29 Å². The molecule has 0 N–H and O–H groups in total. The molecule has 0 aromatic heterocycles. The Morgan fingerprint density at radius 2 is 1.65 bits per heavy atom. The van der Waals surface area contributed by atoms with Gasteiger partial charge in [0.2, 0.25) is 0 Å². The van der Waals surface area contributed by atoms with Gasteiger partial charge in [-0.1, -0.05) is 23.7 Å². The van der Waals surface area contributed by atoms with Crippen molar-refractivity contribution in [3.8, 4) is 11.5 Å². The van der Waals surface area contributed by atoms with Crippen LogP contribution in [0.2, 0.25) is 5.02 Å². The first kappa shape index (κ1) is 17.8. The minimum absolute atomic E-state index is 0.327. The number of aryl methyl sites for hydroxylation is 2. The molecule has 0 aliphatic carbocycles. The van der Waals surface area contributed by atoms with E-state index in [4.69, 9.17) is 21.1 Å². The normalized spacial score (nSPS) is 10.5. The van der Waals surface area contributed by atoms with Gasteiger partial charge in [-0.05, 0) is 65.5 Å². The SMILES string of the molecule is Cc1ccc(C)c(OCCOc2c(Br)cc(Cl)cc2C=O)c1C. The number of halogens is 2. The van der Waals surface area contributed by atoms with Gasteiger partial charge in [0.05, 0.1) is 10.0 Å². The summed E-state index contributed by atoms with van der Waals surface area (Å²) in [5.41, 5.74) is 3.82. The molecule has 0 unspecified atom stereocenters. The van der Waals surface area contributed by atoms with Crippen molar-refractivity contribution in [2.75, 3.05) is 13.2 Å². The number of aldehydes is 1. The van der Waals surface area contributed by atoms with E-state index in [-0.39, 0.29) is 0 Å². The quantitative estimate of drug-likeness (QED) is 0.490. The molecule has 5 heteroatoms. The predicted molar refractivity (Wildman–Crippen MR) is 96.2 cm³/mol. The minimum Gasteiger partial charge on any atom is -0.489 e. The zero-order valence-corrected chi connectivity index (χ0v) is 15.6. The average Bonchev–Trinajstić information content (AvgIpc) is 2.51. The highest BCUT2D eigenvalue weighted by molar-refractivity contribution is 9.10. The van der Waals surface area contributed by atoms with Crippen molar-refractivity contribution >= 4 is 33.8 Å². The highest BCUT2D eigenvalue weighted by atomic mass is 79.9. The van der Waals surface area contributed by atoms with E-state index < -0.39 is 0 Å². The second-order valence-electron chi connectivity index (χ2n) is 5.27. The topological polar surface area (TPSA) is 35.5 Å². The van der Waals surface area contributed by atoms with Crippen LogP contribution in [0.1, 0.15) is 27.0 Å². The molecule has 0 atom stereocenters. The largest absolute Gasteiger partial charge is 0.489 e. The van der Waals surface area contributed by atoms with Crippen molar-refractivity contribution < 1.29 is 14.3 Å². The van der Waals surface area contributed by atoms with Crippen LogP contribution in [0.3, 0.4) is 0 Å². The molecule has 3 nitrogen and oxygen atoms in total. The molecule has 0 bridgehead atoms. The van der Waals surface area contributed by atoms with Crippen LogP contribution in [0.15, 0.2) is 28.7 Å². The van der Waals surface area contributed by atoms with Gasteiger partial charge in [0.25, 0.3) is 0 Å². The molecule has 0 fully saturated rings. The van der Waals surface area contributed by atoms with E-state index >= 15 is 0 Å². The third-order valence-corrected chi connectivity index (χ3v) is 4.42. The van der Waals surface area contributed by atoms with Crippen molar-refractivity contribution in [2.45, 2.75) is 20.8 Å². The monoisotopic (exact) mass is 396 g/mol. The van der Waals surface area contributed by atoms with Crippen LogP contribution in [0, 0.1) is 20.8 Å². The summed E-state index contributed by atoms with van der Waals surface area (Å²) in [5, 5.41) is 0.480. The van der Waals surface area contributed by atoms with Crippen molar-refractivity contribution in [3.05, 3.63) is 56.0 Å². The number of carbonyl (C=O) groups excluding carboxylic acids is 1. The number of hydrogen-bond acceptors (Lipinski definition) is 3. The molecule has 0 radical (unpaired) electrons. The van der Waals surface area contributed by atoms with Crippen LogP contribution in [-0.2, 0) is 0 Å². The number of ether oxygens (including phenoxy) is 2. The Kier molecular flexibility index (Phi) is 6.08. The smallest absolute Gasteiger partial charge is 0.153 e. The van der Waals surface area contributed by atoms with Gasteiger partial charge < -0.3 is 9.47 Å². The van der Waals surface area contributed by atoms with Crippen LogP contribution in [0.4, 0.5) is 0 Å². The first-order valence-electron chi connectivity index (χ1n) is 7.20. The molecule has 0 aliphatic heterocycles. The average molecular weight is 398 g/mol. The Morgan fingerprint density at radius 1 is 1.04 bits per heavy atom. The third-order valence-electron chi connectivity index (χ3n) is 3.61. The van der Waals surface area contributed by atoms with Crippen molar-refractivity contribution in [3.63, 3.8) is 0 Å². The lowest BCUT2D eigenvalue weighted by molar-refractivity contribution is 0.111. The molecule has 2 aromatic rings. The fourth-order valence-corrected chi connectivity index (χ4v) is 3.20. The van der Waals surface area contributed by atoms with E-state index in [1.807, 2.05) is 19.9 Å². The standard InChI is InChI=1S/C18H18BrClO3/c1-11-4-5-12(2)17(13(11)3)22-6-7-23-18-14(10-21)8-15(20)9-16(18)19/h4-5,8-10H,6-7H2,1-3H3. The van der Waals surface area contributed by atoms with Gasteiger partial charge in [0, 0.05) is 5.02 Å². The van der Waals surface area contributed by atoms with Crippen LogP contribution < -0.4 is 9.47 Å². The summed E-state index contributed by atoms with van der Waals surface area (Å²) in [5.74, 6) is 1.37. The van der Waals surface area contributed by atoms with Crippen LogP contribution in [0.5, 0.6) is 11.5 Å². The molecule has 0 spiro atoms. The summed E-state index contributed by atoms with van der Waals surface area (Å²) < 4.78 is 12.2. The lowest BCUT2D eigenvalue weighted by atomic mass is 10.1. The third kappa shape index (κ3) is 4.27. The van der Waals surface area contributed by atoms with E-state index in [0.717, 1.165) is 23.2 Å². The van der Waals surface area contributed by atoms with Crippen molar-refractivity contribution in [1.29, 1.82) is 0 Å². The molecular weight excluding hydrogens is 380 g/mol. The van der Waals surface area contributed by atoms with Crippen molar-refractivity contribution in [2.24, 2.45) is 0 Å². The molecule has 0 amide bonds. The lowest BCUT2D eigenvalue weighted by Crippen LogP contribution is -2.11. The molecule has 0 aliphatic rings. The van der Waals surface area contributed by atoms with E-state index in [1.54, 1.807) is 12.1 Å². The second-order valence-corrected chi connectivity index (χ2v) is 6.56. The molecular formula is C18H18BrClO3. The Balaban J connectivity index is 2.02. The van der Waals surface area contributed by atoms with E-state index in [1.165, 1.54) is 5.56 Å². The fraction of sp³-hybridized carbons (Fsp3) is 0.278. The minimum atomic E-state index is 0.327. The number of hydrogen-bond donors (Lipinski definition) is 0. The number of carbonyl (C=O) groups is 1. The summed E-state index contributed by atoms with van der Waals surface area (Å²) in [6, 6.07) is 7.39. The number of rotatable bonds is 6. The zero-order valence-electron chi connectivity index (χ0n) is 13.3. The summed E-state index contributed by atoms with van der Waals surface area (Å²) in [4.78, 5) is 11.1. The molecule has 0 saturated carbocycles. The van der Waals surface area contributed by atoms with Crippen LogP contribution in [-0.4, -0.2) is 19.5 Å². The maximum atomic E-state index is 11.1. The second kappa shape index (κ2) is 7.84. The molecule has 23 heavy (non-hydrogen) atoms. The molecule has 0 heterocycles. The Bertz CT molecular complexity index is 729. The maximum Gasteiger partial charge on any atom is 0.153 e. The van der Waals surface area contributed by atoms with Gasteiger partial charge in [0.1, 0.15) is 24.7 Å². The van der Waals surface area contributed by atoms with E-state index in [2.05, 4.69) is 28.9 Å². The number of benzene rings is 2. The lowest BCUT2D eigenvalue weighted by Gasteiger charge is -2.15. The molecule has 2 rings (SSSR count). The molecule has 122 valence electrons. The van der Waals surface area contributed by atoms with E-state index in [0.29, 0.717) is 34.0 Å². The Morgan fingerprint density at radius 3 is 2.30 bits per heavy atom. The highest BCUT2D eigenvalue weighted by Gasteiger charge is 2.11. The highest BCUT2D eigenvalue weighted by Crippen LogP contribution is 2.32. The summed E-state index contributed by atoms with van der Waals surface area (Å²) >= 11 is 9.28. The molecule has 0 saturated heterocycles. The summed E-state index contributed by atoms with van der Waals surface area (Å²) in [6.45, 7) is 6.83. The van der Waals surface area contributed by atoms with Gasteiger partial charge in [-0.25, -0.2) is 0 Å². The molecule has 2 aromatic carbocycles.